The average molecular weight is 322 g/mol. The third kappa shape index (κ3) is 2.19. The van der Waals surface area contributed by atoms with Crippen LogP contribution in [0.5, 0.6) is 0 Å². The average Bonchev–Trinajstić information content (AvgIpc) is 2.74. The number of carbonyl (C=O) groups excluding carboxylic acids is 1. The van der Waals surface area contributed by atoms with Gasteiger partial charge in [-0.05, 0) is 34.7 Å². The molecule has 80 valence electrons. The molecule has 1 heterocycles. The van der Waals surface area contributed by atoms with E-state index >= 15 is 0 Å². The summed E-state index contributed by atoms with van der Waals surface area (Å²) in [6.45, 7) is 0.901. The van der Waals surface area contributed by atoms with Crippen molar-refractivity contribution in [3.8, 4) is 0 Å². The third-order valence-electron chi connectivity index (χ3n) is 2.10. The molecule has 1 fully saturated rings. The number of ether oxygens (including phenoxy) is 2. The second-order valence-electron chi connectivity index (χ2n) is 3.09. The van der Waals surface area contributed by atoms with Crippen LogP contribution in [0.1, 0.15) is 22.2 Å². The first-order valence-electron chi connectivity index (χ1n) is 4.39. The van der Waals surface area contributed by atoms with E-state index in [4.69, 9.17) is 9.47 Å². The minimum absolute atomic E-state index is 0.0380. The van der Waals surface area contributed by atoms with Gasteiger partial charge in [0.1, 0.15) is 5.82 Å². The smallest absolute Gasteiger partial charge is 0.186 e. The standard InChI is InChI=1S/C10H8FIO3/c11-9-6(5-13)3-7(12)4-8(9)10-14-1-2-15-10/h3-5,10H,1-2H2. The summed E-state index contributed by atoms with van der Waals surface area (Å²) in [5, 5.41) is 0. The molecular weight excluding hydrogens is 314 g/mol. The fraction of sp³-hybridized carbons (Fsp3) is 0.300. The predicted molar refractivity (Wildman–Crippen MR) is 59.1 cm³/mol. The predicted octanol–water partition coefficient (Wildman–Crippen LogP) is 2.29. The van der Waals surface area contributed by atoms with Crippen molar-refractivity contribution in [1.29, 1.82) is 0 Å². The summed E-state index contributed by atoms with van der Waals surface area (Å²) in [6, 6.07) is 3.11. The van der Waals surface area contributed by atoms with Crippen LogP contribution in [0.4, 0.5) is 4.39 Å². The van der Waals surface area contributed by atoms with Gasteiger partial charge in [0.2, 0.25) is 0 Å². The molecule has 0 aliphatic carbocycles. The lowest BCUT2D eigenvalue weighted by Gasteiger charge is -2.11. The van der Waals surface area contributed by atoms with Gasteiger partial charge >= 0.3 is 0 Å². The van der Waals surface area contributed by atoms with Crippen molar-refractivity contribution in [1.82, 2.24) is 0 Å². The van der Waals surface area contributed by atoms with E-state index < -0.39 is 12.1 Å². The maximum absolute atomic E-state index is 13.7. The molecule has 1 aromatic carbocycles. The van der Waals surface area contributed by atoms with Gasteiger partial charge in [-0.3, -0.25) is 4.79 Å². The molecule has 0 atom stereocenters. The maximum Gasteiger partial charge on any atom is 0.186 e. The van der Waals surface area contributed by atoms with E-state index in [0.29, 0.717) is 25.1 Å². The van der Waals surface area contributed by atoms with Gasteiger partial charge in [-0.2, -0.15) is 0 Å². The van der Waals surface area contributed by atoms with Crippen LogP contribution in [0.3, 0.4) is 0 Å². The molecule has 0 amide bonds. The summed E-state index contributed by atoms with van der Waals surface area (Å²) in [6.07, 6.45) is -0.186. The highest BCUT2D eigenvalue weighted by atomic mass is 127. The van der Waals surface area contributed by atoms with Gasteiger partial charge in [0.25, 0.3) is 0 Å². The zero-order valence-electron chi connectivity index (χ0n) is 7.70. The fourth-order valence-corrected chi connectivity index (χ4v) is 2.10. The highest BCUT2D eigenvalue weighted by Crippen LogP contribution is 2.28. The molecule has 5 heteroatoms. The normalized spacial score (nSPS) is 16.9. The van der Waals surface area contributed by atoms with Crippen LogP contribution in [-0.4, -0.2) is 19.5 Å². The van der Waals surface area contributed by atoms with Crippen LogP contribution in [0, 0.1) is 9.39 Å². The van der Waals surface area contributed by atoms with Gasteiger partial charge in [0, 0.05) is 9.13 Å². The third-order valence-corrected chi connectivity index (χ3v) is 2.72. The van der Waals surface area contributed by atoms with E-state index in [9.17, 15) is 9.18 Å². The largest absolute Gasteiger partial charge is 0.346 e. The van der Waals surface area contributed by atoms with E-state index in [1.807, 2.05) is 22.6 Å². The van der Waals surface area contributed by atoms with E-state index in [-0.39, 0.29) is 5.56 Å². The van der Waals surface area contributed by atoms with E-state index in [2.05, 4.69) is 0 Å². The molecule has 3 nitrogen and oxygen atoms in total. The molecule has 0 radical (unpaired) electrons. The Morgan fingerprint density at radius 3 is 2.67 bits per heavy atom. The van der Waals surface area contributed by atoms with Gasteiger partial charge in [-0.1, -0.05) is 0 Å². The second kappa shape index (κ2) is 4.54. The van der Waals surface area contributed by atoms with Crippen molar-refractivity contribution in [3.05, 3.63) is 32.6 Å². The van der Waals surface area contributed by atoms with Crippen molar-refractivity contribution in [2.75, 3.05) is 13.2 Å². The van der Waals surface area contributed by atoms with Gasteiger partial charge < -0.3 is 9.47 Å². The van der Waals surface area contributed by atoms with Crippen LogP contribution >= 0.6 is 22.6 Å². The van der Waals surface area contributed by atoms with Crippen LogP contribution in [0.15, 0.2) is 12.1 Å². The molecule has 1 saturated heterocycles. The fourth-order valence-electron chi connectivity index (χ4n) is 1.43. The molecule has 2 rings (SSSR count). The summed E-state index contributed by atoms with van der Waals surface area (Å²) in [4.78, 5) is 10.6. The second-order valence-corrected chi connectivity index (χ2v) is 4.34. The van der Waals surface area contributed by atoms with Crippen LogP contribution in [0.25, 0.3) is 0 Å². The molecule has 1 aliphatic rings. The highest BCUT2D eigenvalue weighted by Gasteiger charge is 2.23. The highest BCUT2D eigenvalue weighted by molar-refractivity contribution is 14.1. The van der Waals surface area contributed by atoms with E-state index in [0.717, 1.165) is 3.57 Å². The molecule has 0 bridgehead atoms. The molecule has 1 aliphatic heterocycles. The Morgan fingerprint density at radius 1 is 1.40 bits per heavy atom. The monoisotopic (exact) mass is 322 g/mol. The quantitative estimate of drug-likeness (QED) is 0.619. The Balaban J connectivity index is 2.44. The first kappa shape index (κ1) is 11.0. The number of rotatable bonds is 2. The molecule has 0 saturated carbocycles. The van der Waals surface area contributed by atoms with Crippen molar-refractivity contribution in [2.45, 2.75) is 6.29 Å². The minimum atomic E-state index is -0.682. The van der Waals surface area contributed by atoms with Gasteiger partial charge in [-0.25, -0.2) is 4.39 Å². The lowest BCUT2D eigenvalue weighted by atomic mass is 10.1. The number of aldehydes is 1. The Kier molecular flexibility index (Phi) is 3.32. The number of benzene rings is 1. The minimum Gasteiger partial charge on any atom is -0.346 e. The Morgan fingerprint density at radius 2 is 2.07 bits per heavy atom. The Labute approximate surface area is 99.7 Å². The zero-order chi connectivity index (χ0) is 10.8. The maximum atomic E-state index is 13.7. The van der Waals surface area contributed by atoms with Crippen molar-refractivity contribution >= 4 is 28.9 Å². The SMILES string of the molecule is O=Cc1cc(I)cc(C2OCCO2)c1F. The number of hydrogen-bond donors (Lipinski definition) is 0. The summed E-state index contributed by atoms with van der Waals surface area (Å²) in [5.74, 6) is -0.558. The van der Waals surface area contributed by atoms with Crippen molar-refractivity contribution < 1.29 is 18.7 Å². The van der Waals surface area contributed by atoms with Gasteiger partial charge in [0.15, 0.2) is 12.6 Å². The topological polar surface area (TPSA) is 35.5 Å². The summed E-state index contributed by atoms with van der Waals surface area (Å²) >= 11 is 2.02. The number of hydrogen-bond acceptors (Lipinski definition) is 3. The first-order valence-corrected chi connectivity index (χ1v) is 5.47. The van der Waals surface area contributed by atoms with Gasteiger partial charge in [0.05, 0.1) is 18.8 Å². The molecule has 1 aromatic rings. The zero-order valence-corrected chi connectivity index (χ0v) is 9.86. The number of carbonyl (C=O) groups is 1. The molecule has 0 N–H and O–H groups in total. The molecular formula is C10H8FIO3. The Bertz CT molecular complexity index is 388. The lowest BCUT2D eigenvalue weighted by Crippen LogP contribution is -2.05. The van der Waals surface area contributed by atoms with Crippen LogP contribution in [0.2, 0.25) is 0 Å². The van der Waals surface area contributed by atoms with Crippen molar-refractivity contribution in [3.63, 3.8) is 0 Å². The summed E-state index contributed by atoms with van der Waals surface area (Å²) < 4.78 is 24.9. The van der Waals surface area contributed by atoms with E-state index in [1.54, 1.807) is 6.07 Å². The van der Waals surface area contributed by atoms with Crippen LogP contribution < -0.4 is 0 Å². The van der Waals surface area contributed by atoms with Crippen molar-refractivity contribution in [2.24, 2.45) is 0 Å². The summed E-state index contributed by atoms with van der Waals surface area (Å²) in [5.41, 5.74) is 0.331. The Hall–Kier alpha value is -0.530. The number of halogens is 2. The van der Waals surface area contributed by atoms with Gasteiger partial charge in [-0.15, -0.1) is 0 Å². The lowest BCUT2D eigenvalue weighted by molar-refractivity contribution is -0.0465. The molecule has 0 aromatic heterocycles. The molecule has 0 unspecified atom stereocenters. The first-order chi connectivity index (χ1) is 7.22. The van der Waals surface area contributed by atoms with E-state index in [1.165, 1.54) is 6.07 Å². The van der Waals surface area contributed by atoms with Crippen LogP contribution in [-0.2, 0) is 9.47 Å². The molecule has 0 spiro atoms. The molecule has 15 heavy (non-hydrogen) atoms. The summed E-state index contributed by atoms with van der Waals surface area (Å²) in [7, 11) is 0.